The van der Waals surface area contributed by atoms with E-state index in [2.05, 4.69) is 101 Å². The molecule has 0 unspecified atom stereocenters. The molecule has 0 amide bonds. The average Bonchev–Trinajstić information content (AvgIpc) is 2.62. The Kier molecular flexibility index (Phi) is 5.33. The van der Waals surface area contributed by atoms with Gasteiger partial charge in [0.15, 0.2) is 0 Å². The maximum absolute atomic E-state index is 4.58. The molecule has 1 heterocycles. The van der Waals surface area contributed by atoms with Gasteiger partial charge in [0.2, 0.25) is 0 Å². The monoisotopic (exact) mass is 440 g/mol. The van der Waals surface area contributed by atoms with Crippen LogP contribution in [-0.2, 0) is 5.41 Å². The minimum Gasteiger partial charge on any atom is -0.292 e. The summed E-state index contributed by atoms with van der Waals surface area (Å²) < 4.78 is 1.26. The zero-order valence-electron chi connectivity index (χ0n) is 14.7. The standard InChI is InChI=1S/C22H21IN2/c1-22(2,19-10-6-7-11-20(19)23)21(24-3)13-12-17-15-25-14-16-8-4-5-9-18(16)17/h4-15H,1-3H3/b13-12+,24-21+. The molecule has 2 aromatic carbocycles. The van der Waals surface area contributed by atoms with Crippen LogP contribution in [0.3, 0.4) is 0 Å². The number of hydrogen-bond donors (Lipinski definition) is 0. The lowest BCUT2D eigenvalue weighted by atomic mass is 9.79. The molecule has 1 aromatic heterocycles. The summed E-state index contributed by atoms with van der Waals surface area (Å²) in [6.45, 7) is 4.44. The topological polar surface area (TPSA) is 25.2 Å². The van der Waals surface area contributed by atoms with Crippen molar-refractivity contribution in [2.75, 3.05) is 7.05 Å². The summed E-state index contributed by atoms with van der Waals surface area (Å²) in [5, 5.41) is 2.35. The summed E-state index contributed by atoms with van der Waals surface area (Å²) >= 11 is 2.40. The number of aliphatic imine (C=N–C) groups is 1. The van der Waals surface area contributed by atoms with Crippen LogP contribution >= 0.6 is 22.6 Å². The second-order valence-corrected chi connectivity index (χ2v) is 7.66. The molecular formula is C22H21IN2. The van der Waals surface area contributed by atoms with Gasteiger partial charge in [0.25, 0.3) is 0 Å². The lowest BCUT2D eigenvalue weighted by Gasteiger charge is -2.27. The predicted molar refractivity (Wildman–Crippen MR) is 116 cm³/mol. The van der Waals surface area contributed by atoms with E-state index < -0.39 is 0 Å². The maximum atomic E-state index is 4.58. The normalized spacial score (nSPS) is 12.9. The molecule has 0 fully saturated rings. The first-order chi connectivity index (χ1) is 12.0. The first-order valence-electron chi connectivity index (χ1n) is 8.27. The van der Waals surface area contributed by atoms with Gasteiger partial charge in [0.05, 0.1) is 0 Å². The zero-order valence-corrected chi connectivity index (χ0v) is 16.9. The molecule has 0 spiro atoms. The van der Waals surface area contributed by atoms with Crippen molar-refractivity contribution in [1.29, 1.82) is 0 Å². The van der Waals surface area contributed by atoms with Crippen molar-refractivity contribution in [3.05, 3.63) is 81.7 Å². The number of halogens is 1. The highest BCUT2D eigenvalue weighted by molar-refractivity contribution is 14.1. The fraction of sp³-hybridized carbons (Fsp3) is 0.182. The first-order valence-corrected chi connectivity index (χ1v) is 9.35. The molecule has 0 radical (unpaired) electrons. The van der Waals surface area contributed by atoms with E-state index in [1.54, 1.807) is 0 Å². The Morgan fingerprint density at radius 3 is 2.52 bits per heavy atom. The van der Waals surface area contributed by atoms with Gasteiger partial charge in [-0.3, -0.25) is 9.98 Å². The summed E-state index contributed by atoms with van der Waals surface area (Å²) in [6.07, 6.45) is 8.05. The molecule has 126 valence electrons. The number of aromatic nitrogens is 1. The van der Waals surface area contributed by atoms with Gasteiger partial charge in [-0.05, 0) is 45.7 Å². The number of rotatable bonds is 4. The van der Waals surface area contributed by atoms with Crippen molar-refractivity contribution >= 4 is 45.2 Å². The van der Waals surface area contributed by atoms with E-state index in [-0.39, 0.29) is 5.41 Å². The van der Waals surface area contributed by atoms with Crippen LogP contribution in [0.2, 0.25) is 0 Å². The molecule has 0 atom stereocenters. The first kappa shape index (κ1) is 17.8. The highest BCUT2D eigenvalue weighted by atomic mass is 127. The number of hydrogen-bond acceptors (Lipinski definition) is 2. The number of benzene rings is 2. The van der Waals surface area contributed by atoms with Crippen molar-refractivity contribution in [2.45, 2.75) is 19.3 Å². The zero-order chi connectivity index (χ0) is 17.9. The third-order valence-corrected chi connectivity index (χ3v) is 5.49. The summed E-state index contributed by atoms with van der Waals surface area (Å²) in [5.74, 6) is 0. The van der Waals surface area contributed by atoms with Gasteiger partial charge in [0.1, 0.15) is 0 Å². The molecule has 2 nitrogen and oxygen atoms in total. The van der Waals surface area contributed by atoms with Gasteiger partial charge >= 0.3 is 0 Å². The fourth-order valence-corrected chi connectivity index (χ4v) is 4.17. The van der Waals surface area contributed by atoms with E-state index in [4.69, 9.17) is 0 Å². The van der Waals surface area contributed by atoms with Crippen molar-refractivity contribution in [3.63, 3.8) is 0 Å². The molecule has 0 aliphatic heterocycles. The summed E-state index contributed by atoms with van der Waals surface area (Å²) in [5.41, 5.74) is 3.28. The van der Waals surface area contributed by atoms with E-state index >= 15 is 0 Å². The highest BCUT2D eigenvalue weighted by Gasteiger charge is 2.27. The molecular weight excluding hydrogens is 419 g/mol. The molecule has 25 heavy (non-hydrogen) atoms. The molecule has 0 bridgehead atoms. The Morgan fingerprint density at radius 2 is 1.76 bits per heavy atom. The van der Waals surface area contributed by atoms with E-state index in [1.165, 1.54) is 14.5 Å². The van der Waals surface area contributed by atoms with Gasteiger partial charge in [-0.15, -0.1) is 0 Å². The molecule has 0 saturated carbocycles. The van der Waals surface area contributed by atoms with Gasteiger partial charge in [-0.2, -0.15) is 0 Å². The average molecular weight is 440 g/mol. The van der Waals surface area contributed by atoms with Gasteiger partial charge in [0, 0.05) is 45.1 Å². The van der Waals surface area contributed by atoms with Gasteiger partial charge < -0.3 is 0 Å². The van der Waals surface area contributed by atoms with Gasteiger partial charge in [-0.1, -0.05) is 62.4 Å². The molecule has 0 saturated heterocycles. The number of pyridine rings is 1. The van der Waals surface area contributed by atoms with Gasteiger partial charge in [-0.25, -0.2) is 0 Å². The minimum absolute atomic E-state index is 0.166. The second kappa shape index (κ2) is 7.48. The second-order valence-electron chi connectivity index (χ2n) is 6.50. The van der Waals surface area contributed by atoms with Crippen LogP contribution in [-0.4, -0.2) is 17.7 Å². The quantitative estimate of drug-likeness (QED) is 0.366. The fourth-order valence-electron chi connectivity index (χ4n) is 3.11. The Bertz CT molecular complexity index is 950. The smallest absolute Gasteiger partial charge is 0.0445 e. The third-order valence-electron chi connectivity index (χ3n) is 4.55. The highest BCUT2D eigenvalue weighted by Crippen LogP contribution is 2.30. The van der Waals surface area contributed by atoms with Crippen LogP contribution in [0.25, 0.3) is 16.8 Å². The number of nitrogens with zero attached hydrogens (tertiary/aromatic N) is 2. The third kappa shape index (κ3) is 3.66. The molecule has 0 N–H and O–H groups in total. The van der Waals surface area contributed by atoms with Crippen LogP contribution < -0.4 is 0 Å². The molecule has 0 aliphatic rings. The van der Waals surface area contributed by atoms with Crippen LogP contribution in [0, 0.1) is 3.57 Å². The van der Waals surface area contributed by atoms with Crippen molar-refractivity contribution in [2.24, 2.45) is 4.99 Å². The largest absolute Gasteiger partial charge is 0.292 e. The van der Waals surface area contributed by atoms with E-state index in [0.717, 1.165) is 16.7 Å². The summed E-state index contributed by atoms with van der Waals surface area (Å²) in [6, 6.07) is 16.8. The van der Waals surface area contributed by atoms with Crippen molar-refractivity contribution in [1.82, 2.24) is 4.98 Å². The van der Waals surface area contributed by atoms with Crippen LogP contribution in [0.15, 0.2) is 72.0 Å². The number of allylic oxidation sites excluding steroid dienone is 1. The minimum atomic E-state index is -0.166. The maximum Gasteiger partial charge on any atom is 0.0445 e. The van der Waals surface area contributed by atoms with E-state index in [1.807, 2.05) is 25.5 Å². The van der Waals surface area contributed by atoms with Crippen molar-refractivity contribution in [3.8, 4) is 0 Å². The lowest BCUT2D eigenvalue weighted by molar-refractivity contribution is 0.715. The van der Waals surface area contributed by atoms with Crippen LogP contribution in [0.4, 0.5) is 0 Å². The Balaban J connectivity index is 2.00. The molecule has 0 aliphatic carbocycles. The van der Waals surface area contributed by atoms with Crippen molar-refractivity contribution < 1.29 is 0 Å². The predicted octanol–water partition coefficient (Wildman–Crippen LogP) is 5.90. The number of fused-ring (bicyclic) bond motifs is 1. The SMILES string of the molecule is C/N=C(\C=C\c1cncc2ccccc12)C(C)(C)c1ccccc1I. The summed E-state index contributed by atoms with van der Waals surface area (Å²) in [4.78, 5) is 8.94. The molecule has 3 rings (SSSR count). The van der Waals surface area contributed by atoms with Crippen LogP contribution in [0.5, 0.6) is 0 Å². The van der Waals surface area contributed by atoms with Crippen LogP contribution in [0.1, 0.15) is 25.0 Å². The Labute approximate surface area is 162 Å². The molecule has 3 heteroatoms. The summed E-state index contributed by atoms with van der Waals surface area (Å²) in [7, 11) is 1.86. The Morgan fingerprint density at radius 1 is 1.04 bits per heavy atom. The van der Waals surface area contributed by atoms with E-state index in [0.29, 0.717) is 0 Å². The lowest BCUT2D eigenvalue weighted by Crippen LogP contribution is -2.28. The van der Waals surface area contributed by atoms with E-state index in [9.17, 15) is 0 Å². The molecule has 3 aromatic rings. The Hall–Kier alpha value is -2.01.